The Labute approximate surface area is 133 Å². The molecule has 1 aromatic rings. The molecule has 0 aliphatic heterocycles. The van der Waals surface area contributed by atoms with Gasteiger partial charge in [-0.25, -0.2) is 4.79 Å². The van der Waals surface area contributed by atoms with E-state index in [2.05, 4.69) is 29.7 Å². The second-order valence-electron chi connectivity index (χ2n) is 7.09. The predicted octanol–water partition coefficient (Wildman–Crippen LogP) is 2.92. The van der Waals surface area contributed by atoms with Crippen molar-refractivity contribution in [1.29, 1.82) is 0 Å². The van der Waals surface area contributed by atoms with Crippen LogP contribution in [0, 0.1) is 6.92 Å². The van der Waals surface area contributed by atoms with E-state index in [1.54, 1.807) is 0 Å². The molecule has 1 aliphatic carbocycles. The van der Waals surface area contributed by atoms with Gasteiger partial charge >= 0.3 is 6.03 Å². The van der Waals surface area contributed by atoms with Gasteiger partial charge < -0.3 is 15.7 Å². The van der Waals surface area contributed by atoms with Gasteiger partial charge in [-0.1, -0.05) is 24.3 Å². The average molecular weight is 304 g/mol. The van der Waals surface area contributed by atoms with Crippen LogP contribution in [0.4, 0.5) is 4.79 Å². The third-order valence-electron chi connectivity index (χ3n) is 4.38. The van der Waals surface area contributed by atoms with Gasteiger partial charge in [0.05, 0.1) is 6.10 Å². The minimum atomic E-state index is -0.301. The third kappa shape index (κ3) is 5.02. The first-order valence-electron chi connectivity index (χ1n) is 8.17. The fourth-order valence-corrected chi connectivity index (χ4v) is 3.08. The quantitative estimate of drug-likeness (QED) is 0.801. The summed E-state index contributed by atoms with van der Waals surface area (Å²) >= 11 is 0. The van der Waals surface area contributed by atoms with E-state index in [4.69, 9.17) is 0 Å². The molecule has 1 fully saturated rings. The van der Waals surface area contributed by atoms with Crippen molar-refractivity contribution in [3.8, 4) is 0 Å². The standard InChI is InChI=1S/C18H28N2O2/c1-13-6-4-5-7-14(13)12-18(2,3)20-17(22)19-15-8-10-16(21)11-9-15/h4-7,15-16,21H,8-12H2,1-3H3,(H2,19,20,22). The van der Waals surface area contributed by atoms with Gasteiger partial charge in [-0.15, -0.1) is 0 Å². The number of nitrogens with one attached hydrogen (secondary N) is 2. The summed E-state index contributed by atoms with van der Waals surface area (Å²) in [6.07, 6.45) is 3.86. The van der Waals surface area contributed by atoms with Crippen molar-refractivity contribution in [2.75, 3.05) is 0 Å². The Bertz CT molecular complexity index is 506. The van der Waals surface area contributed by atoms with Crippen LogP contribution in [0.2, 0.25) is 0 Å². The fourth-order valence-electron chi connectivity index (χ4n) is 3.08. The SMILES string of the molecule is Cc1ccccc1CC(C)(C)NC(=O)NC1CCC(O)CC1. The summed E-state index contributed by atoms with van der Waals surface area (Å²) in [6.45, 7) is 6.19. The molecule has 22 heavy (non-hydrogen) atoms. The van der Waals surface area contributed by atoms with Crippen LogP contribution in [-0.4, -0.2) is 28.8 Å². The monoisotopic (exact) mass is 304 g/mol. The number of hydrogen-bond donors (Lipinski definition) is 3. The van der Waals surface area contributed by atoms with Crippen molar-refractivity contribution >= 4 is 6.03 Å². The molecule has 4 nitrogen and oxygen atoms in total. The molecule has 122 valence electrons. The lowest BCUT2D eigenvalue weighted by Gasteiger charge is -2.30. The van der Waals surface area contributed by atoms with Crippen LogP contribution in [-0.2, 0) is 6.42 Å². The zero-order chi connectivity index (χ0) is 16.2. The lowest BCUT2D eigenvalue weighted by Crippen LogP contribution is -2.52. The summed E-state index contributed by atoms with van der Waals surface area (Å²) in [5.74, 6) is 0. The van der Waals surface area contributed by atoms with Crippen molar-refractivity contribution in [1.82, 2.24) is 10.6 Å². The maximum atomic E-state index is 12.2. The molecule has 0 radical (unpaired) electrons. The van der Waals surface area contributed by atoms with E-state index in [1.165, 1.54) is 11.1 Å². The molecule has 0 heterocycles. The Hall–Kier alpha value is -1.55. The highest BCUT2D eigenvalue weighted by molar-refractivity contribution is 5.75. The van der Waals surface area contributed by atoms with Crippen molar-refractivity contribution in [2.24, 2.45) is 0 Å². The third-order valence-corrected chi connectivity index (χ3v) is 4.38. The van der Waals surface area contributed by atoms with Crippen LogP contribution in [0.25, 0.3) is 0 Å². The highest BCUT2D eigenvalue weighted by Crippen LogP contribution is 2.19. The minimum Gasteiger partial charge on any atom is -0.393 e. The van der Waals surface area contributed by atoms with Gasteiger partial charge in [0.15, 0.2) is 0 Å². The number of aliphatic hydroxyl groups excluding tert-OH is 1. The van der Waals surface area contributed by atoms with Gasteiger partial charge in [0.1, 0.15) is 0 Å². The smallest absolute Gasteiger partial charge is 0.315 e. The minimum absolute atomic E-state index is 0.111. The van der Waals surface area contributed by atoms with Crippen LogP contribution in [0.3, 0.4) is 0 Å². The predicted molar refractivity (Wildman–Crippen MR) is 88.9 cm³/mol. The highest BCUT2D eigenvalue weighted by atomic mass is 16.3. The first kappa shape index (κ1) is 16.8. The van der Waals surface area contributed by atoms with Crippen molar-refractivity contribution < 1.29 is 9.90 Å². The Kier molecular flexibility index (Phi) is 5.46. The number of amides is 2. The Morgan fingerprint density at radius 3 is 2.50 bits per heavy atom. The van der Waals surface area contributed by atoms with Gasteiger partial charge in [-0.3, -0.25) is 0 Å². The zero-order valence-corrected chi connectivity index (χ0v) is 13.9. The largest absolute Gasteiger partial charge is 0.393 e. The second kappa shape index (κ2) is 7.14. The summed E-state index contributed by atoms with van der Waals surface area (Å²) in [4.78, 5) is 12.2. The van der Waals surface area contributed by atoms with Crippen LogP contribution >= 0.6 is 0 Å². The number of carbonyl (C=O) groups is 1. The molecular weight excluding hydrogens is 276 g/mol. The van der Waals surface area contributed by atoms with Crippen LogP contribution in [0.5, 0.6) is 0 Å². The molecule has 0 unspecified atom stereocenters. The first-order chi connectivity index (χ1) is 10.4. The average Bonchev–Trinajstić information content (AvgIpc) is 2.43. The van der Waals surface area contributed by atoms with Crippen molar-refractivity contribution in [2.45, 2.75) is 70.6 Å². The molecule has 2 amide bonds. The summed E-state index contributed by atoms with van der Waals surface area (Å²) in [5.41, 5.74) is 2.21. The van der Waals surface area contributed by atoms with E-state index in [9.17, 15) is 9.90 Å². The lowest BCUT2D eigenvalue weighted by molar-refractivity contribution is 0.117. The van der Waals surface area contributed by atoms with Crippen LogP contribution < -0.4 is 10.6 Å². The maximum Gasteiger partial charge on any atom is 0.315 e. The van der Waals surface area contributed by atoms with E-state index < -0.39 is 0 Å². The molecule has 1 aromatic carbocycles. The molecule has 3 N–H and O–H groups in total. The van der Waals surface area contributed by atoms with Crippen molar-refractivity contribution in [3.63, 3.8) is 0 Å². The van der Waals surface area contributed by atoms with E-state index in [0.717, 1.165) is 32.1 Å². The maximum absolute atomic E-state index is 12.2. The molecule has 0 spiro atoms. The summed E-state index contributed by atoms with van der Waals surface area (Å²) in [5, 5.41) is 15.6. The number of rotatable bonds is 4. The zero-order valence-electron chi connectivity index (χ0n) is 13.9. The Balaban J connectivity index is 1.85. The highest BCUT2D eigenvalue weighted by Gasteiger charge is 2.25. The van der Waals surface area contributed by atoms with Gasteiger partial charge in [0, 0.05) is 11.6 Å². The van der Waals surface area contributed by atoms with Gasteiger partial charge in [-0.2, -0.15) is 0 Å². The molecule has 0 saturated heterocycles. The Morgan fingerprint density at radius 1 is 1.23 bits per heavy atom. The van der Waals surface area contributed by atoms with Gasteiger partial charge in [-0.05, 0) is 64.0 Å². The molecular formula is C18H28N2O2. The number of aryl methyl sites for hydroxylation is 1. The topological polar surface area (TPSA) is 61.4 Å². The molecule has 4 heteroatoms. The fraction of sp³-hybridized carbons (Fsp3) is 0.611. The Morgan fingerprint density at radius 2 is 1.86 bits per heavy atom. The van der Waals surface area contributed by atoms with Crippen LogP contribution in [0.1, 0.15) is 50.7 Å². The lowest BCUT2D eigenvalue weighted by atomic mass is 9.92. The van der Waals surface area contributed by atoms with E-state index in [0.29, 0.717) is 0 Å². The second-order valence-corrected chi connectivity index (χ2v) is 7.09. The molecule has 1 aliphatic rings. The number of benzene rings is 1. The van der Waals surface area contributed by atoms with E-state index >= 15 is 0 Å². The first-order valence-corrected chi connectivity index (χ1v) is 8.17. The number of carbonyl (C=O) groups excluding carboxylic acids is 1. The normalized spacial score (nSPS) is 22.2. The summed E-state index contributed by atoms with van der Waals surface area (Å²) in [6, 6.07) is 8.34. The van der Waals surface area contributed by atoms with Crippen LogP contribution in [0.15, 0.2) is 24.3 Å². The molecule has 0 bridgehead atoms. The molecule has 1 saturated carbocycles. The van der Waals surface area contributed by atoms with E-state index in [1.807, 2.05) is 26.0 Å². The number of aliphatic hydroxyl groups is 1. The molecule has 0 aromatic heterocycles. The number of hydrogen-bond acceptors (Lipinski definition) is 2. The summed E-state index contributed by atoms with van der Waals surface area (Å²) < 4.78 is 0. The molecule has 0 atom stereocenters. The van der Waals surface area contributed by atoms with Gasteiger partial charge in [0.25, 0.3) is 0 Å². The van der Waals surface area contributed by atoms with Crippen molar-refractivity contribution in [3.05, 3.63) is 35.4 Å². The number of urea groups is 1. The van der Waals surface area contributed by atoms with E-state index in [-0.39, 0.29) is 23.7 Å². The summed E-state index contributed by atoms with van der Waals surface area (Å²) in [7, 11) is 0. The van der Waals surface area contributed by atoms with Gasteiger partial charge in [0.2, 0.25) is 0 Å². The molecule has 2 rings (SSSR count).